The average molecular weight is 237 g/mol. The van der Waals surface area contributed by atoms with E-state index in [2.05, 4.69) is 29.3 Å². The lowest BCUT2D eigenvalue weighted by atomic mass is 10.1. The topological polar surface area (TPSA) is 30.7 Å². The Bertz CT molecular complexity index is 656. The molecule has 0 saturated heterocycles. The number of aromatic nitrogens is 3. The minimum Gasteiger partial charge on any atom is -0.150 e. The monoisotopic (exact) mass is 237 g/mol. The largest absolute Gasteiger partial charge is 0.150 e. The first-order valence-corrected chi connectivity index (χ1v) is 6.29. The lowest BCUT2D eigenvalue weighted by molar-refractivity contribution is 0.764. The molecule has 90 valence electrons. The van der Waals surface area contributed by atoms with Gasteiger partial charge in [0.05, 0.1) is 5.69 Å². The normalized spacial score (nSPS) is 10.9. The molecule has 3 rings (SSSR count). The molecule has 0 unspecified atom stereocenters. The number of fused-ring (bicyclic) bond motifs is 1. The summed E-state index contributed by atoms with van der Waals surface area (Å²) in [4.78, 5) is 1.71. The van der Waals surface area contributed by atoms with Crippen molar-refractivity contribution in [2.75, 3.05) is 0 Å². The number of benzene rings is 2. The summed E-state index contributed by atoms with van der Waals surface area (Å²) in [5.74, 6) is 0. The predicted molar refractivity (Wildman–Crippen MR) is 72.9 cm³/mol. The minimum atomic E-state index is 0.963. The van der Waals surface area contributed by atoms with Crippen molar-refractivity contribution in [3.05, 3.63) is 54.1 Å². The fourth-order valence-electron chi connectivity index (χ4n) is 2.14. The molecule has 0 aliphatic heterocycles. The quantitative estimate of drug-likeness (QED) is 0.699. The Morgan fingerprint density at radius 2 is 1.78 bits per heavy atom. The Balaban J connectivity index is 2.14. The van der Waals surface area contributed by atoms with E-state index in [4.69, 9.17) is 0 Å². The van der Waals surface area contributed by atoms with Crippen molar-refractivity contribution in [3.63, 3.8) is 0 Å². The fourth-order valence-corrected chi connectivity index (χ4v) is 2.14. The van der Waals surface area contributed by atoms with Gasteiger partial charge in [-0.15, -0.1) is 10.2 Å². The molecule has 0 saturated carbocycles. The second-order valence-corrected chi connectivity index (χ2v) is 4.36. The number of rotatable bonds is 3. The van der Waals surface area contributed by atoms with Crippen LogP contribution in [-0.4, -0.2) is 15.0 Å². The molecule has 0 amide bonds. The molecule has 0 fully saturated rings. The van der Waals surface area contributed by atoms with E-state index in [0.29, 0.717) is 0 Å². The van der Waals surface area contributed by atoms with Crippen molar-refractivity contribution >= 4 is 11.0 Å². The van der Waals surface area contributed by atoms with Gasteiger partial charge in [0.2, 0.25) is 0 Å². The second-order valence-electron chi connectivity index (χ2n) is 4.36. The maximum atomic E-state index is 4.61. The van der Waals surface area contributed by atoms with Crippen LogP contribution in [0, 0.1) is 0 Å². The molecule has 3 aromatic rings. The summed E-state index contributed by atoms with van der Waals surface area (Å²) < 4.78 is 0. The Hall–Kier alpha value is -2.16. The zero-order chi connectivity index (χ0) is 12.4. The highest BCUT2D eigenvalue weighted by atomic mass is 15.5. The highest BCUT2D eigenvalue weighted by molar-refractivity contribution is 5.77. The van der Waals surface area contributed by atoms with Crippen molar-refractivity contribution in [1.29, 1.82) is 0 Å². The molecule has 0 atom stereocenters. The molecule has 18 heavy (non-hydrogen) atoms. The molecule has 2 aromatic carbocycles. The first-order chi connectivity index (χ1) is 8.88. The molecule has 3 heteroatoms. The molecule has 0 aliphatic carbocycles. The minimum absolute atomic E-state index is 0.963. The lowest BCUT2D eigenvalue weighted by Crippen LogP contribution is -1.97. The standard InChI is InChI=1S/C15H15N3/c1-2-7-12-8-6-11-14-15(12)17-18(16-14)13-9-4-3-5-10-13/h3-6,8-11H,2,7H2,1H3. The Labute approximate surface area is 106 Å². The average Bonchev–Trinajstić information content (AvgIpc) is 2.85. The van der Waals surface area contributed by atoms with Crippen LogP contribution in [0.15, 0.2) is 48.5 Å². The van der Waals surface area contributed by atoms with E-state index >= 15 is 0 Å². The van der Waals surface area contributed by atoms with Gasteiger partial charge in [-0.25, -0.2) is 0 Å². The summed E-state index contributed by atoms with van der Waals surface area (Å²) in [6, 6.07) is 16.2. The first kappa shape index (κ1) is 11.0. The Morgan fingerprint density at radius 1 is 0.944 bits per heavy atom. The van der Waals surface area contributed by atoms with Gasteiger partial charge in [0.15, 0.2) is 0 Å². The van der Waals surface area contributed by atoms with Gasteiger partial charge in [0.25, 0.3) is 0 Å². The molecule has 1 aromatic heterocycles. The third-order valence-electron chi connectivity index (χ3n) is 3.00. The maximum absolute atomic E-state index is 4.61. The van der Waals surface area contributed by atoms with Crippen LogP contribution in [0.3, 0.4) is 0 Å². The third-order valence-corrected chi connectivity index (χ3v) is 3.00. The van der Waals surface area contributed by atoms with E-state index in [0.717, 1.165) is 29.6 Å². The Kier molecular flexibility index (Phi) is 2.81. The van der Waals surface area contributed by atoms with Crippen molar-refractivity contribution in [2.45, 2.75) is 19.8 Å². The number of nitrogens with zero attached hydrogens (tertiary/aromatic N) is 3. The number of hydrogen-bond acceptors (Lipinski definition) is 2. The lowest BCUT2D eigenvalue weighted by Gasteiger charge is -1.98. The highest BCUT2D eigenvalue weighted by Gasteiger charge is 2.07. The SMILES string of the molecule is CCCc1cccc2nn(-c3ccccc3)nc12. The summed E-state index contributed by atoms with van der Waals surface area (Å²) in [6.07, 6.45) is 2.17. The van der Waals surface area contributed by atoms with Crippen LogP contribution < -0.4 is 0 Å². The summed E-state index contributed by atoms with van der Waals surface area (Å²) in [6.45, 7) is 2.18. The fraction of sp³-hybridized carbons (Fsp3) is 0.200. The van der Waals surface area contributed by atoms with Crippen LogP contribution in [-0.2, 0) is 6.42 Å². The van der Waals surface area contributed by atoms with Crippen molar-refractivity contribution in [3.8, 4) is 5.69 Å². The summed E-state index contributed by atoms with van der Waals surface area (Å²) >= 11 is 0. The number of hydrogen-bond donors (Lipinski definition) is 0. The van der Waals surface area contributed by atoms with Crippen molar-refractivity contribution in [2.24, 2.45) is 0 Å². The van der Waals surface area contributed by atoms with Gasteiger partial charge in [0, 0.05) is 0 Å². The van der Waals surface area contributed by atoms with Gasteiger partial charge >= 0.3 is 0 Å². The van der Waals surface area contributed by atoms with E-state index < -0.39 is 0 Å². The van der Waals surface area contributed by atoms with Crippen LogP contribution in [0.4, 0.5) is 0 Å². The van der Waals surface area contributed by atoms with Gasteiger partial charge in [-0.05, 0) is 30.2 Å². The van der Waals surface area contributed by atoms with Crippen molar-refractivity contribution in [1.82, 2.24) is 15.0 Å². The molecule has 0 radical (unpaired) electrons. The number of para-hydroxylation sites is 1. The van der Waals surface area contributed by atoms with E-state index in [-0.39, 0.29) is 0 Å². The van der Waals surface area contributed by atoms with Crippen LogP contribution in [0.25, 0.3) is 16.7 Å². The van der Waals surface area contributed by atoms with E-state index in [1.165, 1.54) is 5.56 Å². The summed E-state index contributed by atoms with van der Waals surface area (Å²) in [5.41, 5.74) is 4.25. The van der Waals surface area contributed by atoms with Crippen LogP contribution in [0.1, 0.15) is 18.9 Å². The van der Waals surface area contributed by atoms with Gasteiger partial charge in [-0.2, -0.15) is 4.80 Å². The molecular weight excluding hydrogens is 222 g/mol. The summed E-state index contributed by atoms with van der Waals surface area (Å²) in [7, 11) is 0. The molecule has 0 spiro atoms. The van der Waals surface area contributed by atoms with Crippen molar-refractivity contribution < 1.29 is 0 Å². The van der Waals surface area contributed by atoms with Gasteiger partial charge in [-0.3, -0.25) is 0 Å². The number of aryl methyl sites for hydroxylation is 1. The van der Waals surface area contributed by atoms with Crippen LogP contribution in [0.5, 0.6) is 0 Å². The zero-order valence-electron chi connectivity index (χ0n) is 10.4. The predicted octanol–water partition coefficient (Wildman–Crippen LogP) is 3.37. The second kappa shape index (κ2) is 4.61. The molecule has 0 N–H and O–H groups in total. The van der Waals surface area contributed by atoms with Gasteiger partial charge in [0.1, 0.15) is 11.0 Å². The van der Waals surface area contributed by atoms with E-state index in [9.17, 15) is 0 Å². The molecule has 1 heterocycles. The van der Waals surface area contributed by atoms with Gasteiger partial charge < -0.3 is 0 Å². The zero-order valence-corrected chi connectivity index (χ0v) is 10.4. The van der Waals surface area contributed by atoms with Crippen LogP contribution >= 0.6 is 0 Å². The van der Waals surface area contributed by atoms with E-state index in [1.54, 1.807) is 4.80 Å². The molecule has 3 nitrogen and oxygen atoms in total. The Morgan fingerprint density at radius 3 is 2.56 bits per heavy atom. The van der Waals surface area contributed by atoms with Crippen LogP contribution in [0.2, 0.25) is 0 Å². The van der Waals surface area contributed by atoms with Gasteiger partial charge in [-0.1, -0.05) is 43.7 Å². The summed E-state index contributed by atoms with van der Waals surface area (Å²) in [5, 5.41) is 9.14. The smallest absolute Gasteiger partial charge is 0.116 e. The molecule has 0 aliphatic rings. The van der Waals surface area contributed by atoms with E-state index in [1.807, 2.05) is 36.4 Å². The molecular formula is C15H15N3. The third kappa shape index (κ3) is 1.88. The highest BCUT2D eigenvalue weighted by Crippen LogP contribution is 2.17. The molecule has 0 bridgehead atoms. The first-order valence-electron chi connectivity index (χ1n) is 6.29. The maximum Gasteiger partial charge on any atom is 0.116 e.